The van der Waals surface area contributed by atoms with Gasteiger partial charge in [-0.2, -0.15) is 5.10 Å². The summed E-state index contributed by atoms with van der Waals surface area (Å²) in [6, 6.07) is 6.70. The molecule has 3 aliphatic rings. The van der Waals surface area contributed by atoms with Gasteiger partial charge in [-0.25, -0.2) is 4.98 Å². The zero-order valence-electron chi connectivity index (χ0n) is 21.2. The Morgan fingerprint density at radius 2 is 1.86 bits per heavy atom. The van der Waals surface area contributed by atoms with Gasteiger partial charge in [0.25, 0.3) is 0 Å². The minimum absolute atomic E-state index is 0.131. The number of aromatic nitrogens is 4. The number of carbonyl (C=O) groups is 1. The summed E-state index contributed by atoms with van der Waals surface area (Å²) in [6.07, 6.45) is 9.90. The average molecular weight is 489 g/mol. The molecule has 3 aromatic rings. The maximum atomic E-state index is 13.1. The van der Waals surface area contributed by atoms with Crippen LogP contribution in [0.1, 0.15) is 43.5 Å². The Labute approximate surface area is 212 Å². The molecule has 6 rings (SSSR count). The van der Waals surface area contributed by atoms with Crippen LogP contribution in [-0.4, -0.2) is 80.8 Å². The molecule has 3 aliphatic heterocycles. The molecule has 0 aliphatic carbocycles. The molecule has 0 N–H and O–H groups in total. The van der Waals surface area contributed by atoms with E-state index in [9.17, 15) is 4.79 Å². The van der Waals surface area contributed by atoms with Crippen molar-refractivity contribution in [3.8, 4) is 11.3 Å². The van der Waals surface area contributed by atoms with Crippen LogP contribution in [0.25, 0.3) is 22.2 Å². The molecule has 0 saturated carbocycles. The van der Waals surface area contributed by atoms with Crippen LogP contribution in [0.3, 0.4) is 0 Å². The van der Waals surface area contributed by atoms with E-state index in [0.29, 0.717) is 18.2 Å². The number of pyridine rings is 2. The van der Waals surface area contributed by atoms with E-state index in [0.717, 1.165) is 86.6 Å². The normalized spacial score (nSPS) is 20.6. The Morgan fingerprint density at radius 1 is 1.06 bits per heavy atom. The molecule has 0 spiro atoms. The van der Waals surface area contributed by atoms with E-state index in [1.54, 1.807) is 0 Å². The van der Waals surface area contributed by atoms with Crippen molar-refractivity contribution in [2.24, 2.45) is 13.0 Å². The molecule has 8 heteroatoms. The van der Waals surface area contributed by atoms with Crippen LogP contribution in [-0.2, 0) is 29.5 Å². The van der Waals surface area contributed by atoms with Gasteiger partial charge in [0.15, 0.2) is 0 Å². The van der Waals surface area contributed by atoms with Crippen molar-refractivity contribution in [3.05, 3.63) is 42.0 Å². The molecule has 0 amide bonds. The number of Topliss-reactive ketones (excluding diaryl/α,β-unsaturated/α-hetero) is 1. The van der Waals surface area contributed by atoms with Crippen molar-refractivity contribution in [1.82, 2.24) is 29.5 Å². The lowest BCUT2D eigenvalue weighted by molar-refractivity contribution is -0.125. The second-order valence-electron chi connectivity index (χ2n) is 10.7. The standard InChI is InChI=1S/C28H36N6O2/c1-32-27(17-33-9-3-2-4-10-33)24(16-30-32)25-6-5-21-15-29-22(13-26(21)31-25)14-28(35)20-7-11-34(12-8-20)23-18-36-19-23/h5-6,13,15-16,20,23H,2-4,7-12,14,17-19H2,1H3. The first-order valence-corrected chi connectivity index (χ1v) is 13.5. The predicted octanol–water partition coefficient (Wildman–Crippen LogP) is 3.24. The van der Waals surface area contributed by atoms with E-state index in [1.807, 2.05) is 30.2 Å². The van der Waals surface area contributed by atoms with Gasteiger partial charge in [0.05, 0.1) is 42.4 Å². The number of ether oxygens (including phenoxy) is 1. The van der Waals surface area contributed by atoms with Gasteiger partial charge in [-0.1, -0.05) is 6.42 Å². The van der Waals surface area contributed by atoms with Gasteiger partial charge < -0.3 is 4.74 Å². The van der Waals surface area contributed by atoms with Crippen LogP contribution in [0.15, 0.2) is 30.6 Å². The second-order valence-corrected chi connectivity index (χ2v) is 10.7. The monoisotopic (exact) mass is 488 g/mol. The Balaban J connectivity index is 1.16. The number of hydrogen-bond donors (Lipinski definition) is 0. The van der Waals surface area contributed by atoms with E-state index in [4.69, 9.17) is 9.72 Å². The number of likely N-dealkylation sites (tertiary alicyclic amines) is 2. The van der Waals surface area contributed by atoms with Crippen molar-refractivity contribution in [3.63, 3.8) is 0 Å². The lowest BCUT2D eigenvalue weighted by atomic mass is 9.89. The summed E-state index contributed by atoms with van der Waals surface area (Å²) in [5.41, 5.74) is 4.92. The zero-order valence-corrected chi connectivity index (χ0v) is 21.2. The quantitative estimate of drug-likeness (QED) is 0.505. The molecule has 0 radical (unpaired) electrons. The van der Waals surface area contributed by atoms with Gasteiger partial charge in [-0.05, 0) is 70.1 Å². The van der Waals surface area contributed by atoms with Crippen LogP contribution >= 0.6 is 0 Å². The molecular formula is C28H36N6O2. The van der Waals surface area contributed by atoms with E-state index in [1.165, 1.54) is 25.0 Å². The van der Waals surface area contributed by atoms with Gasteiger partial charge in [0.2, 0.25) is 0 Å². The number of ketones is 1. The number of piperidine rings is 2. The molecule has 0 unspecified atom stereocenters. The highest BCUT2D eigenvalue weighted by Gasteiger charge is 2.32. The van der Waals surface area contributed by atoms with Crippen LogP contribution in [0.5, 0.6) is 0 Å². The topological polar surface area (TPSA) is 76.4 Å². The third-order valence-corrected chi connectivity index (χ3v) is 8.27. The molecule has 0 atom stereocenters. The van der Waals surface area contributed by atoms with Crippen molar-refractivity contribution in [2.45, 2.75) is 51.1 Å². The average Bonchev–Trinajstić information content (AvgIpc) is 3.23. The van der Waals surface area contributed by atoms with Crippen molar-refractivity contribution < 1.29 is 9.53 Å². The maximum absolute atomic E-state index is 13.1. The van der Waals surface area contributed by atoms with E-state index in [2.05, 4.69) is 32.0 Å². The maximum Gasteiger partial charge on any atom is 0.142 e. The van der Waals surface area contributed by atoms with Crippen LogP contribution < -0.4 is 0 Å². The van der Waals surface area contributed by atoms with Crippen molar-refractivity contribution in [2.75, 3.05) is 39.4 Å². The second kappa shape index (κ2) is 10.4. The number of rotatable bonds is 7. The van der Waals surface area contributed by atoms with Gasteiger partial charge >= 0.3 is 0 Å². The van der Waals surface area contributed by atoms with Crippen molar-refractivity contribution in [1.29, 1.82) is 0 Å². The SMILES string of the molecule is Cn1ncc(-c2ccc3cnc(CC(=O)C4CCN(C5COC5)CC4)cc3n2)c1CN1CCCCC1. The fourth-order valence-corrected chi connectivity index (χ4v) is 5.84. The molecule has 8 nitrogen and oxygen atoms in total. The number of carbonyl (C=O) groups excluding carboxylic acids is 1. The number of fused-ring (bicyclic) bond motifs is 1. The minimum atomic E-state index is 0.131. The Hall–Kier alpha value is -2.68. The molecule has 36 heavy (non-hydrogen) atoms. The summed E-state index contributed by atoms with van der Waals surface area (Å²) in [6.45, 7) is 6.85. The smallest absolute Gasteiger partial charge is 0.142 e. The third-order valence-electron chi connectivity index (χ3n) is 8.27. The Kier molecular flexibility index (Phi) is 6.82. The molecule has 3 saturated heterocycles. The number of nitrogens with zero attached hydrogens (tertiary/aromatic N) is 6. The van der Waals surface area contributed by atoms with E-state index in [-0.39, 0.29) is 5.92 Å². The van der Waals surface area contributed by atoms with Crippen LogP contribution in [0, 0.1) is 5.92 Å². The highest BCUT2D eigenvalue weighted by atomic mass is 16.5. The van der Waals surface area contributed by atoms with Gasteiger partial charge in [-0.15, -0.1) is 0 Å². The first kappa shape index (κ1) is 23.7. The van der Waals surface area contributed by atoms with Gasteiger partial charge in [0.1, 0.15) is 5.78 Å². The molecular weight excluding hydrogens is 452 g/mol. The summed E-state index contributed by atoms with van der Waals surface area (Å²) < 4.78 is 7.31. The first-order valence-electron chi connectivity index (χ1n) is 13.5. The minimum Gasteiger partial charge on any atom is -0.378 e. The molecule has 190 valence electrons. The summed E-state index contributed by atoms with van der Waals surface area (Å²) in [5, 5.41) is 5.55. The highest BCUT2D eigenvalue weighted by molar-refractivity contribution is 5.85. The highest BCUT2D eigenvalue weighted by Crippen LogP contribution is 2.27. The fraction of sp³-hybridized carbons (Fsp3) is 0.571. The van der Waals surface area contributed by atoms with Crippen LogP contribution in [0.4, 0.5) is 0 Å². The van der Waals surface area contributed by atoms with Gasteiger partial charge in [-0.3, -0.25) is 24.3 Å². The largest absolute Gasteiger partial charge is 0.378 e. The number of hydrogen-bond acceptors (Lipinski definition) is 7. The third kappa shape index (κ3) is 4.94. The summed E-state index contributed by atoms with van der Waals surface area (Å²) >= 11 is 0. The molecule has 0 bridgehead atoms. The lowest BCUT2D eigenvalue weighted by Crippen LogP contribution is -2.52. The zero-order chi connectivity index (χ0) is 24.5. The van der Waals surface area contributed by atoms with E-state index < -0.39 is 0 Å². The van der Waals surface area contributed by atoms with Crippen molar-refractivity contribution >= 4 is 16.7 Å². The summed E-state index contributed by atoms with van der Waals surface area (Å²) in [5.74, 6) is 0.436. The number of aryl methyl sites for hydroxylation is 1. The Bertz CT molecular complexity index is 1220. The predicted molar refractivity (Wildman–Crippen MR) is 138 cm³/mol. The summed E-state index contributed by atoms with van der Waals surface area (Å²) in [4.78, 5) is 27.7. The fourth-order valence-electron chi connectivity index (χ4n) is 5.84. The molecule has 6 heterocycles. The Morgan fingerprint density at radius 3 is 2.61 bits per heavy atom. The first-order chi connectivity index (χ1) is 17.6. The molecule has 0 aromatic carbocycles. The van der Waals surface area contributed by atoms with Gasteiger partial charge in [0, 0.05) is 48.8 Å². The lowest BCUT2D eigenvalue weighted by Gasteiger charge is -2.41. The molecule has 3 fully saturated rings. The van der Waals surface area contributed by atoms with Crippen LogP contribution in [0.2, 0.25) is 0 Å². The summed E-state index contributed by atoms with van der Waals surface area (Å²) in [7, 11) is 2.02. The van der Waals surface area contributed by atoms with E-state index >= 15 is 0 Å². The molecule has 3 aromatic heterocycles.